The molecule has 2 N–H and O–H groups in total. The molecule has 2 aromatic rings. The number of fused-ring (bicyclic) bond motifs is 1. The van der Waals surface area contributed by atoms with Crippen LogP contribution in [0.5, 0.6) is 0 Å². The fraction of sp³-hybridized carbons (Fsp3) is 0.273. The molecule has 4 rings (SSSR count). The summed E-state index contributed by atoms with van der Waals surface area (Å²) >= 11 is 0. The van der Waals surface area contributed by atoms with Gasteiger partial charge in [0.25, 0.3) is 11.8 Å². The molecular formula is C22H18F3N3O4. The van der Waals surface area contributed by atoms with E-state index in [1.807, 2.05) is 0 Å². The van der Waals surface area contributed by atoms with Crippen molar-refractivity contribution < 1.29 is 32.3 Å². The van der Waals surface area contributed by atoms with Crippen molar-refractivity contribution in [3.05, 3.63) is 64.7 Å². The molecule has 2 aliphatic heterocycles. The van der Waals surface area contributed by atoms with Crippen LogP contribution < -0.4 is 10.6 Å². The molecule has 2 aliphatic rings. The summed E-state index contributed by atoms with van der Waals surface area (Å²) in [6, 6.07) is 9.26. The minimum atomic E-state index is -4.45. The average molecular weight is 445 g/mol. The first-order valence-electron chi connectivity index (χ1n) is 9.86. The van der Waals surface area contributed by atoms with Crippen LogP contribution in [0.15, 0.2) is 42.5 Å². The second-order valence-electron chi connectivity index (χ2n) is 7.68. The van der Waals surface area contributed by atoms with Gasteiger partial charge in [-0.25, -0.2) is 0 Å². The number of carbonyl (C=O) groups excluding carboxylic acids is 4. The molecule has 0 spiro atoms. The van der Waals surface area contributed by atoms with E-state index in [9.17, 15) is 32.3 Å². The lowest BCUT2D eigenvalue weighted by molar-refractivity contribution is -0.137. The Labute approximate surface area is 180 Å². The van der Waals surface area contributed by atoms with E-state index in [0.29, 0.717) is 16.8 Å². The van der Waals surface area contributed by atoms with Crippen molar-refractivity contribution in [3.8, 4) is 0 Å². The lowest BCUT2D eigenvalue weighted by Crippen LogP contribution is -2.52. The number of carbonyl (C=O) groups is 4. The number of nitrogens with one attached hydrogen (secondary N) is 2. The molecule has 1 fully saturated rings. The number of hydrogen-bond donors (Lipinski definition) is 2. The quantitative estimate of drug-likeness (QED) is 0.708. The Morgan fingerprint density at radius 3 is 2.59 bits per heavy atom. The van der Waals surface area contributed by atoms with Gasteiger partial charge in [-0.2, -0.15) is 13.2 Å². The largest absolute Gasteiger partial charge is 0.393 e. The summed E-state index contributed by atoms with van der Waals surface area (Å²) in [4.78, 5) is 50.2. The number of anilines is 1. The van der Waals surface area contributed by atoms with Gasteiger partial charge in [0.15, 0.2) is 0 Å². The molecule has 2 aromatic carbocycles. The first kappa shape index (κ1) is 21.5. The molecule has 1 unspecified atom stereocenters. The van der Waals surface area contributed by atoms with Crippen LogP contribution in [0, 0.1) is 0 Å². The molecule has 10 heteroatoms. The number of halogens is 3. The molecule has 7 nitrogen and oxygen atoms in total. The Kier molecular flexibility index (Phi) is 5.45. The third kappa shape index (κ3) is 4.34. The molecule has 0 radical (unpaired) electrons. The van der Waals surface area contributed by atoms with Crippen molar-refractivity contribution in [1.29, 1.82) is 0 Å². The zero-order valence-electron chi connectivity index (χ0n) is 16.7. The number of imide groups is 1. The third-order valence-electron chi connectivity index (χ3n) is 5.43. The third-order valence-corrected chi connectivity index (χ3v) is 5.43. The zero-order valence-corrected chi connectivity index (χ0v) is 16.7. The van der Waals surface area contributed by atoms with E-state index < -0.39 is 30.5 Å². The van der Waals surface area contributed by atoms with Crippen molar-refractivity contribution in [2.24, 2.45) is 0 Å². The summed E-state index contributed by atoms with van der Waals surface area (Å²) in [6.07, 6.45) is -5.32. The minimum absolute atomic E-state index is 0.0911. The van der Waals surface area contributed by atoms with Gasteiger partial charge in [-0.3, -0.25) is 24.5 Å². The molecule has 0 saturated carbocycles. The van der Waals surface area contributed by atoms with E-state index in [1.54, 1.807) is 6.07 Å². The number of hydrogen-bond acceptors (Lipinski definition) is 4. The molecule has 4 amide bonds. The smallest absolute Gasteiger partial charge is 0.322 e. The van der Waals surface area contributed by atoms with Gasteiger partial charge in [-0.05, 0) is 41.8 Å². The summed E-state index contributed by atoms with van der Waals surface area (Å²) in [5.74, 6) is -1.97. The van der Waals surface area contributed by atoms with E-state index >= 15 is 0 Å². The van der Waals surface area contributed by atoms with Crippen molar-refractivity contribution in [3.63, 3.8) is 0 Å². The maximum atomic E-state index is 12.8. The highest BCUT2D eigenvalue weighted by molar-refractivity contribution is 6.07. The van der Waals surface area contributed by atoms with Crippen molar-refractivity contribution in [2.75, 3.05) is 5.32 Å². The van der Waals surface area contributed by atoms with Crippen molar-refractivity contribution in [1.82, 2.24) is 10.2 Å². The Bertz CT molecular complexity index is 1130. The molecule has 0 aromatic heterocycles. The van der Waals surface area contributed by atoms with Crippen LogP contribution in [0.3, 0.4) is 0 Å². The maximum Gasteiger partial charge on any atom is 0.393 e. The van der Waals surface area contributed by atoms with E-state index in [4.69, 9.17) is 0 Å². The SMILES string of the molecule is O=C1CCC(N2Cc3cc(NC(=O)c4ccccc4CC(F)(F)F)ccc3C2=O)C(=O)N1. The first-order valence-corrected chi connectivity index (χ1v) is 9.86. The molecule has 0 aliphatic carbocycles. The van der Waals surface area contributed by atoms with E-state index in [-0.39, 0.29) is 42.3 Å². The molecule has 0 bridgehead atoms. The van der Waals surface area contributed by atoms with E-state index in [1.165, 1.54) is 41.3 Å². The molecule has 2 heterocycles. The lowest BCUT2D eigenvalue weighted by atomic mass is 10.0. The Hall–Kier alpha value is -3.69. The topological polar surface area (TPSA) is 95.6 Å². The van der Waals surface area contributed by atoms with Crippen molar-refractivity contribution >= 4 is 29.3 Å². The fourth-order valence-corrected chi connectivity index (χ4v) is 3.96. The van der Waals surface area contributed by atoms with Gasteiger partial charge in [0.1, 0.15) is 6.04 Å². The van der Waals surface area contributed by atoms with Gasteiger partial charge in [0.05, 0.1) is 6.42 Å². The Morgan fingerprint density at radius 1 is 1.12 bits per heavy atom. The highest BCUT2D eigenvalue weighted by Gasteiger charge is 2.39. The maximum absolute atomic E-state index is 12.8. The summed E-state index contributed by atoms with van der Waals surface area (Å²) in [5.41, 5.74) is 1.02. The second-order valence-corrected chi connectivity index (χ2v) is 7.68. The molecule has 1 saturated heterocycles. The van der Waals surface area contributed by atoms with Crippen LogP contribution in [-0.2, 0) is 22.6 Å². The summed E-state index contributed by atoms with van der Waals surface area (Å²) in [5, 5.41) is 4.80. The number of alkyl halides is 3. The predicted molar refractivity (Wildman–Crippen MR) is 107 cm³/mol. The highest BCUT2D eigenvalue weighted by atomic mass is 19.4. The second kappa shape index (κ2) is 8.10. The minimum Gasteiger partial charge on any atom is -0.322 e. The van der Waals surface area contributed by atoms with Gasteiger partial charge in [-0.15, -0.1) is 0 Å². The van der Waals surface area contributed by atoms with Crippen LogP contribution >= 0.6 is 0 Å². The normalized spacial score (nSPS) is 18.4. The molecule has 166 valence electrons. The number of amides is 4. The van der Waals surface area contributed by atoms with Gasteiger partial charge >= 0.3 is 6.18 Å². The fourth-order valence-electron chi connectivity index (χ4n) is 3.96. The van der Waals surface area contributed by atoms with Gasteiger partial charge in [0.2, 0.25) is 11.8 Å². The number of rotatable bonds is 4. The van der Waals surface area contributed by atoms with Gasteiger partial charge in [-0.1, -0.05) is 18.2 Å². The zero-order chi connectivity index (χ0) is 23.0. The van der Waals surface area contributed by atoms with Crippen LogP contribution in [0.25, 0.3) is 0 Å². The van der Waals surface area contributed by atoms with Crippen molar-refractivity contribution in [2.45, 2.75) is 38.0 Å². The number of benzene rings is 2. The molecule has 32 heavy (non-hydrogen) atoms. The van der Waals surface area contributed by atoms with Gasteiger partial charge < -0.3 is 10.2 Å². The summed E-state index contributed by atoms with van der Waals surface area (Å²) < 4.78 is 38.5. The standard InChI is InChI=1S/C22H18F3N3O4/c23-22(24,25)10-12-3-1-2-4-15(12)19(30)26-14-5-6-16-13(9-14)11-28(21(16)32)17-7-8-18(29)27-20(17)31/h1-6,9,17H,7-8,10-11H2,(H,26,30)(H,27,29,31). The molecular weight excluding hydrogens is 427 g/mol. The lowest BCUT2D eigenvalue weighted by Gasteiger charge is -2.29. The molecule has 1 atom stereocenters. The monoisotopic (exact) mass is 445 g/mol. The Morgan fingerprint density at radius 2 is 1.88 bits per heavy atom. The van der Waals surface area contributed by atoms with E-state index in [2.05, 4.69) is 10.6 Å². The first-order chi connectivity index (χ1) is 15.1. The average Bonchev–Trinajstić information content (AvgIpc) is 3.03. The summed E-state index contributed by atoms with van der Waals surface area (Å²) in [7, 11) is 0. The number of piperidine rings is 1. The van der Waals surface area contributed by atoms with Crippen LogP contribution in [0.1, 0.15) is 44.7 Å². The van der Waals surface area contributed by atoms with Crippen LogP contribution in [0.2, 0.25) is 0 Å². The Balaban J connectivity index is 1.51. The van der Waals surface area contributed by atoms with Crippen LogP contribution in [-0.4, -0.2) is 40.7 Å². The highest BCUT2D eigenvalue weighted by Crippen LogP contribution is 2.30. The van der Waals surface area contributed by atoms with E-state index in [0.717, 1.165) is 0 Å². The van der Waals surface area contributed by atoms with Gasteiger partial charge in [0, 0.05) is 29.8 Å². The predicted octanol–water partition coefficient (Wildman–Crippen LogP) is 2.80. The summed E-state index contributed by atoms with van der Waals surface area (Å²) in [6.45, 7) is 0.120. The van der Waals surface area contributed by atoms with Crippen LogP contribution in [0.4, 0.5) is 18.9 Å². The number of nitrogens with zero attached hydrogens (tertiary/aromatic N) is 1.